The number of nitrogens with two attached hydrogens (primary N) is 1. The summed E-state index contributed by atoms with van der Waals surface area (Å²) in [5, 5.41) is 3.20. The van der Waals surface area contributed by atoms with Crippen LogP contribution < -0.4 is 30.9 Å². The van der Waals surface area contributed by atoms with Crippen molar-refractivity contribution in [3.63, 3.8) is 0 Å². The predicted molar refractivity (Wildman–Crippen MR) is 162 cm³/mol. The average molecular weight is 600 g/mol. The molecule has 0 radical (unpaired) electrons. The number of aromatic nitrogens is 3. The zero-order valence-electron chi connectivity index (χ0n) is 24.4. The fourth-order valence-electron chi connectivity index (χ4n) is 4.46. The van der Waals surface area contributed by atoms with Crippen LogP contribution in [0.25, 0.3) is 16.6 Å². The lowest BCUT2D eigenvalue weighted by molar-refractivity contribution is -0.149. The van der Waals surface area contributed by atoms with E-state index in [1.54, 1.807) is 75.6 Å². The number of rotatable bonds is 9. The van der Waals surface area contributed by atoms with Crippen molar-refractivity contribution in [1.82, 2.24) is 14.5 Å². The summed E-state index contributed by atoms with van der Waals surface area (Å²) in [6.07, 6.45) is 1.54. The summed E-state index contributed by atoms with van der Waals surface area (Å²) in [4.78, 5) is 50.4. The molecule has 44 heavy (non-hydrogen) atoms. The minimum Gasteiger partial charge on any atom is -0.497 e. The van der Waals surface area contributed by atoms with Crippen molar-refractivity contribution < 1.29 is 28.3 Å². The van der Waals surface area contributed by atoms with E-state index in [-0.39, 0.29) is 28.6 Å². The van der Waals surface area contributed by atoms with Gasteiger partial charge in [-0.05, 0) is 55.3 Å². The van der Waals surface area contributed by atoms with E-state index in [2.05, 4.69) is 10.3 Å². The Kier molecular flexibility index (Phi) is 8.45. The summed E-state index contributed by atoms with van der Waals surface area (Å²) < 4.78 is 27.3. The van der Waals surface area contributed by atoms with Crippen molar-refractivity contribution in [2.75, 3.05) is 12.4 Å². The van der Waals surface area contributed by atoms with E-state index in [9.17, 15) is 14.4 Å². The van der Waals surface area contributed by atoms with Crippen LogP contribution in [0.15, 0.2) is 83.8 Å². The van der Waals surface area contributed by atoms with Gasteiger partial charge in [-0.3, -0.25) is 14.6 Å². The Bertz CT molecular complexity index is 1920. The maximum absolute atomic E-state index is 15.2. The van der Waals surface area contributed by atoms with Crippen molar-refractivity contribution in [3.8, 4) is 22.9 Å². The zero-order valence-corrected chi connectivity index (χ0v) is 24.4. The highest BCUT2D eigenvalue weighted by molar-refractivity contribution is 6.05. The van der Waals surface area contributed by atoms with Crippen LogP contribution in [0.4, 0.5) is 10.1 Å². The molecule has 5 rings (SSSR count). The maximum Gasteiger partial charge on any atom is 0.351 e. The molecule has 0 aliphatic heterocycles. The van der Waals surface area contributed by atoms with E-state index in [0.29, 0.717) is 28.1 Å². The molecule has 0 saturated heterocycles. The van der Waals surface area contributed by atoms with Crippen LogP contribution in [0.2, 0.25) is 0 Å². The van der Waals surface area contributed by atoms with Gasteiger partial charge in [0.1, 0.15) is 23.1 Å². The number of amides is 1. The van der Waals surface area contributed by atoms with Gasteiger partial charge in [0.15, 0.2) is 11.6 Å². The number of nitrogens with one attached hydrogen (secondary N) is 1. The Morgan fingerprint density at radius 2 is 1.75 bits per heavy atom. The molecular weight excluding hydrogens is 569 g/mol. The van der Waals surface area contributed by atoms with Gasteiger partial charge in [-0.15, -0.1) is 4.85 Å². The molecule has 0 bridgehead atoms. The van der Waals surface area contributed by atoms with Gasteiger partial charge in [-0.2, -0.15) is 4.68 Å². The number of benzene rings is 3. The van der Waals surface area contributed by atoms with Gasteiger partial charge in [0, 0.05) is 29.4 Å². The predicted octanol–water partition coefficient (Wildman–Crippen LogP) is 4.63. The number of fused-ring (bicyclic) bond motifs is 1. The summed E-state index contributed by atoms with van der Waals surface area (Å²) in [6, 6.07) is 18.1. The number of hydrogen-bond acceptors (Lipinski definition) is 8. The molecule has 5 aromatic rings. The molecular formula is C32H30FN5O6. The van der Waals surface area contributed by atoms with Crippen LogP contribution in [0.5, 0.6) is 17.2 Å². The normalized spacial score (nSPS) is 11.8. The van der Waals surface area contributed by atoms with E-state index >= 15 is 4.39 Å². The molecule has 2 heterocycles. The molecule has 0 unspecified atom stereocenters. The Balaban J connectivity index is 1.43. The van der Waals surface area contributed by atoms with Crippen molar-refractivity contribution in [2.24, 2.45) is 11.7 Å². The second-order valence-corrected chi connectivity index (χ2v) is 10.3. The summed E-state index contributed by atoms with van der Waals surface area (Å²) in [7, 11) is 1.55. The first-order valence-electron chi connectivity index (χ1n) is 13.7. The lowest BCUT2D eigenvalue weighted by atomic mass is 10.1. The van der Waals surface area contributed by atoms with Crippen LogP contribution in [-0.4, -0.2) is 39.5 Å². The number of carbonyl (C=O) groups is 2. The standard InChI is InChI=1S/C32H30FN5O6/c1-18(2)29(34)32(41)44-38-19(3)28(31(40)37(38)21-8-6-5-7-9-21)30(39)36-20-10-13-27(24(33)16-20)43-26-14-15-35-25-17-22(42-4)11-12-23(25)26/h5-18,29H,34H2,1-4H3,(H,36,39)/t29-/m0/s1. The molecule has 0 spiro atoms. The fraction of sp³-hybridized carbons (Fsp3) is 0.188. The highest BCUT2D eigenvalue weighted by Gasteiger charge is 2.28. The van der Waals surface area contributed by atoms with E-state index in [1.807, 2.05) is 0 Å². The number of pyridine rings is 1. The van der Waals surface area contributed by atoms with Gasteiger partial charge in [-0.1, -0.05) is 32.0 Å². The Morgan fingerprint density at radius 1 is 1.00 bits per heavy atom. The first-order chi connectivity index (χ1) is 21.1. The maximum atomic E-state index is 15.2. The second kappa shape index (κ2) is 12.4. The topological polar surface area (TPSA) is 140 Å². The molecule has 1 atom stereocenters. The second-order valence-electron chi connectivity index (χ2n) is 10.3. The SMILES string of the molecule is COc1ccc2c(Oc3ccc(NC(=O)c4c(C)n(OC(=O)[C@@H](N)C(C)C)n(-c5ccccc5)c4=O)cc3F)ccnc2c1. The Hall–Kier alpha value is -5.49. The smallest absolute Gasteiger partial charge is 0.351 e. The fourth-order valence-corrected chi connectivity index (χ4v) is 4.46. The Labute approximate surface area is 251 Å². The van der Waals surface area contributed by atoms with E-state index in [4.69, 9.17) is 20.0 Å². The molecule has 3 aromatic carbocycles. The number of nitrogens with zero attached hydrogens (tertiary/aromatic N) is 3. The highest BCUT2D eigenvalue weighted by atomic mass is 19.1. The molecule has 1 amide bonds. The van der Waals surface area contributed by atoms with Crippen molar-refractivity contribution in [3.05, 3.63) is 106 Å². The van der Waals surface area contributed by atoms with Crippen LogP contribution >= 0.6 is 0 Å². The third-order valence-corrected chi connectivity index (χ3v) is 6.95. The van der Waals surface area contributed by atoms with E-state index in [0.717, 1.165) is 15.6 Å². The van der Waals surface area contributed by atoms with Crippen molar-refractivity contribution in [2.45, 2.75) is 26.8 Å². The van der Waals surface area contributed by atoms with E-state index in [1.165, 1.54) is 25.3 Å². The third-order valence-electron chi connectivity index (χ3n) is 6.95. The van der Waals surface area contributed by atoms with Crippen LogP contribution in [0.3, 0.4) is 0 Å². The van der Waals surface area contributed by atoms with Crippen molar-refractivity contribution >= 4 is 28.5 Å². The first kappa shape index (κ1) is 30.0. The molecule has 226 valence electrons. The van der Waals surface area contributed by atoms with Crippen LogP contribution in [-0.2, 0) is 4.79 Å². The van der Waals surface area contributed by atoms with Crippen LogP contribution in [0, 0.1) is 18.7 Å². The highest BCUT2D eigenvalue weighted by Crippen LogP contribution is 2.33. The molecule has 2 aromatic heterocycles. The quantitative estimate of drug-likeness (QED) is 0.250. The van der Waals surface area contributed by atoms with Gasteiger partial charge in [0.05, 0.1) is 24.0 Å². The van der Waals surface area contributed by atoms with Crippen LogP contribution in [0.1, 0.15) is 29.9 Å². The molecule has 0 fully saturated rings. The van der Waals surface area contributed by atoms with Gasteiger partial charge in [-0.25, -0.2) is 9.18 Å². The average Bonchev–Trinajstić information content (AvgIpc) is 3.26. The number of halogens is 1. The van der Waals surface area contributed by atoms with Crippen molar-refractivity contribution in [1.29, 1.82) is 0 Å². The summed E-state index contributed by atoms with van der Waals surface area (Å²) >= 11 is 0. The third kappa shape index (κ3) is 5.88. The molecule has 0 aliphatic rings. The molecule has 0 aliphatic carbocycles. The summed E-state index contributed by atoms with van der Waals surface area (Å²) in [6.45, 7) is 4.96. The van der Waals surface area contributed by atoms with E-state index < -0.39 is 29.3 Å². The zero-order chi connectivity index (χ0) is 31.5. The molecule has 11 nitrogen and oxygen atoms in total. The first-order valence-corrected chi connectivity index (χ1v) is 13.7. The lowest BCUT2D eigenvalue weighted by Crippen LogP contribution is -2.43. The van der Waals surface area contributed by atoms with Gasteiger partial charge in [0.25, 0.3) is 11.5 Å². The molecule has 0 saturated carbocycles. The number of methoxy groups -OCH3 is 1. The summed E-state index contributed by atoms with van der Waals surface area (Å²) in [5.74, 6) is -1.70. The Morgan fingerprint density at radius 3 is 2.43 bits per heavy atom. The number of anilines is 1. The number of carbonyl (C=O) groups excluding carboxylic acids is 2. The van der Waals surface area contributed by atoms with Gasteiger partial charge in [0.2, 0.25) is 0 Å². The number of ether oxygens (including phenoxy) is 2. The van der Waals surface area contributed by atoms with Gasteiger partial charge >= 0.3 is 5.97 Å². The lowest BCUT2D eigenvalue weighted by Gasteiger charge is -2.17. The minimum absolute atomic E-state index is 0.0438. The molecule has 3 N–H and O–H groups in total. The largest absolute Gasteiger partial charge is 0.497 e. The molecule has 12 heteroatoms. The number of hydrogen-bond donors (Lipinski definition) is 2. The monoisotopic (exact) mass is 599 g/mol. The van der Waals surface area contributed by atoms with Gasteiger partial charge < -0.3 is 25.4 Å². The minimum atomic E-state index is -0.968. The summed E-state index contributed by atoms with van der Waals surface area (Å²) in [5.41, 5.74) is 5.97. The number of para-hydroxylation sites is 1.